The van der Waals surface area contributed by atoms with Gasteiger partial charge in [0.05, 0.1) is 21.0 Å². The number of aryl methyl sites for hydroxylation is 1. The van der Waals surface area contributed by atoms with Gasteiger partial charge in [-0.2, -0.15) is 0 Å². The highest BCUT2D eigenvalue weighted by molar-refractivity contribution is 7.15. The molecule has 0 unspecified atom stereocenters. The molecule has 8 nitrogen and oxygen atoms in total. The molecule has 1 aromatic carbocycles. The van der Waals surface area contributed by atoms with Crippen LogP contribution in [0.15, 0.2) is 48.9 Å². The molecule has 3 aromatic heterocycles. The lowest BCUT2D eigenvalue weighted by Gasteiger charge is -2.34. The molecule has 1 aliphatic heterocycles. The number of hydrogen-bond acceptors (Lipinski definition) is 6. The molecule has 1 aliphatic rings. The van der Waals surface area contributed by atoms with Crippen molar-refractivity contribution in [1.29, 1.82) is 0 Å². The molecule has 1 fully saturated rings. The number of benzene rings is 1. The summed E-state index contributed by atoms with van der Waals surface area (Å²) in [6, 6.07) is 9.09. The number of aromatic nitrogens is 3. The molecule has 4 heterocycles. The van der Waals surface area contributed by atoms with Gasteiger partial charge in [-0.05, 0) is 30.5 Å². The first-order valence-electron chi connectivity index (χ1n) is 12.4. The van der Waals surface area contributed by atoms with Crippen molar-refractivity contribution in [3.63, 3.8) is 0 Å². The molecule has 1 N–H and O–H groups in total. The van der Waals surface area contributed by atoms with Gasteiger partial charge in [-0.1, -0.05) is 32.0 Å². The average Bonchev–Trinajstić information content (AvgIpc) is 3.56. The molecule has 4 aromatic rings. The maximum atomic E-state index is 13.4. The smallest absolute Gasteiger partial charge is 0.295 e. The van der Waals surface area contributed by atoms with Crippen LogP contribution in [0.4, 0.5) is 0 Å². The Balaban J connectivity index is 1.34. The third kappa shape index (κ3) is 4.91. The fourth-order valence-corrected chi connectivity index (χ4v) is 5.81. The van der Waals surface area contributed by atoms with E-state index in [0.29, 0.717) is 48.6 Å². The summed E-state index contributed by atoms with van der Waals surface area (Å²) >= 11 is 1.60. The van der Waals surface area contributed by atoms with Gasteiger partial charge in [0.25, 0.3) is 17.6 Å². The zero-order valence-electron chi connectivity index (χ0n) is 21.2. The second-order valence-electron chi connectivity index (χ2n) is 9.74. The first-order valence-corrected chi connectivity index (χ1v) is 13.2. The predicted octanol–water partition coefficient (Wildman–Crippen LogP) is 4.36. The van der Waals surface area contributed by atoms with E-state index in [4.69, 9.17) is 0 Å². The summed E-state index contributed by atoms with van der Waals surface area (Å²) in [4.78, 5) is 55.8. The van der Waals surface area contributed by atoms with Gasteiger partial charge in [0.2, 0.25) is 0 Å². The molecular weight excluding hydrogens is 486 g/mol. The van der Waals surface area contributed by atoms with E-state index < -0.39 is 11.7 Å². The molecule has 37 heavy (non-hydrogen) atoms. The molecule has 9 heteroatoms. The number of nitrogens with one attached hydrogen (secondary N) is 1. The van der Waals surface area contributed by atoms with E-state index in [1.165, 1.54) is 4.90 Å². The number of rotatable bonds is 6. The summed E-state index contributed by atoms with van der Waals surface area (Å²) in [5.74, 6) is -0.670. The molecule has 0 radical (unpaired) electrons. The molecular formula is C28H29N5O3S. The van der Waals surface area contributed by atoms with Gasteiger partial charge in [-0.15, -0.1) is 11.3 Å². The van der Waals surface area contributed by atoms with Crippen molar-refractivity contribution in [3.05, 3.63) is 70.6 Å². The fourth-order valence-electron chi connectivity index (χ4n) is 4.67. The Morgan fingerprint density at radius 2 is 1.70 bits per heavy atom. The van der Waals surface area contributed by atoms with Gasteiger partial charge in [-0.3, -0.25) is 19.4 Å². The topological polar surface area (TPSA) is 99.3 Å². The number of H-pyrrole nitrogens is 1. The highest BCUT2D eigenvalue weighted by atomic mass is 32.1. The third-order valence-electron chi connectivity index (χ3n) is 6.58. The van der Waals surface area contributed by atoms with Gasteiger partial charge >= 0.3 is 0 Å². The lowest BCUT2D eigenvalue weighted by Crippen LogP contribution is -2.52. The number of pyridine rings is 1. The monoisotopic (exact) mass is 515 g/mol. The number of thiazole rings is 1. The highest BCUT2D eigenvalue weighted by Gasteiger charge is 2.31. The van der Waals surface area contributed by atoms with Crippen molar-refractivity contribution in [2.75, 3.05) is 26.2 Å². The van der Waals surface area contributed by atoms with Crippen molar-refractivity contribution in [2.24, 2.45) is 5.92 Å². The number of carbonyl (C=O) groups is 3. The molecule has 0 spiro atoms. The largest absolute Gasteiger partial charge is 0.359 e. The second kappa shape index (κ2) is 10.3. The van der Waals surface area contributed by atoms with Gasteiger partial charge in [0.1, 0.15) is 5.69 Å². The number of aromatic amines is 1. The molecule has 0 atom stereocenters. The maximum absolute atomic E-state index is 13.4. The second-order valence-corrected chi connectivity index (χ2v) is 10.9. The fraction of sp³-hybridized carbons (Fsp3) is 0.321. The van der Waals surface area contributed by atoms with Crippen LogP contribution in [0.25, 0.3) is 21.5 Å². The summed E-state index contributed by atoms with van der Waals surface area (Å²) in [5, 5.41) is 1.75. The van der Waals surface area contributed by atoms with Crippen LogP contribution in [-0.2, 0) is 11.2 Å². The number of Topliss-reactive ketones (excluding diaryl/α,β-unsaturated/α-hetero) is 1. The zero-order chi connectivity index (χ0) is 26.1. The lowest BCUT2D eigenvalue weighted by atomic mass is 10.0. The van der Waals surface area contributed by atoms with Crippen LogP contribution >= 0.6 is 11.3 Å². The average molecular weight is 516 g/mol. The normalized spacial score (nSPS) is 13.9. The number of carbonyl (C=O) groups excluding carboxylic acids is 3. The van der Waals surface area contributed by atoms with E-state index in [1.807, 2.05) is 31.3 Å². The molecule has 0 saturated carbocycles. The number of amides is 2. The Morgan fingerprint density at radius 1 is 1.00 bits per heavy atom. The SMILES string of the molecule is Cc1cnc(-c2cnc(CC(C)C)s2)c2[nH]cc(C(=O)C(=O)N3CCN(C(=O)c4ccccc4)CC3)c12. The van der Waals surface area contributed by atoms with E-state index in [-0.39, 0.29) is 5.91 Å². The van der Waals surface area contributed by atoms with Crippen LogP contribution in [0.5, 0.6) is 0 Å². The summed E-state index contributed by atoms with van der Waals surface area (Å²) in [6.45, 7) is 7.61. The molecule has 2 amide bonds. The quantitative estimate of drug-likeness (QED) is 0.304. The number of piperazine rings is 1. The minimum atomic E-state index is -0.556. The van der Waals surface area contributed by atoms with Crippen LogP contribution in [-0.4, -0.2) is 68.5 Å². The van der Waals surface area contributed by atoms with Crippen LogP contribution in [0, 0.1) is 12.8 Å². The Labute approximate surface area is 219 Å². The Hall–Kier alpha value is -3.85. The number of nitrogens with zero attached hydrogens (tertiary/aromatic N) is 4. The van der Waals surface area contributed by atoms with E-state index in [1.54, 1.807) is 40.8 Å². The standard InChI is InChI=1S/C28H29N5O3S/c1-17(2)13-22-29-16-21(37-22)24-25-23(18(3)14-30-24)20(15-31-25)26(34)28(36)33-11-9-32(10-12-33)27(35)19-7-5-4-6-8-19/h4-8,14-17,31H,9-13H2,1-3H3. The van der Waals surface area contributed by atoms with E-state index >= 15 is 0 Å². The van der Waals surface area contributed by atoms with Crippen LogP contribution in [0.3, 0.4) is 0 Å². The Kier molecular flexibility index (Phi) is 6.88. The molecule has 190 valence electrons. The summed E-state index contributed by atoms with van der Waals surface area (Å²) in [7, 11) is 0. The molecule has 0 aliphatic carbocycles. The highest BCUT2D eigenvalue weighted by Crippen LogP contribution is 2.34. The maximum Gasteiger partial charge on any atom is 0.295 e. The van der Waals surface area contributed by atoms with Crippen LogP contribution in [0.1, 0.15) is 45.1 Å². The predicted molar refractivity (Wildman–Crippen MR) is 144 cm³/mol. The minimum Gasteiger partial charge on any atom is -0.359 e. The molecule has 5 rings (SSSR count). The first kappa shape index (κ1) is 24.8. The number of ketones is 1. The zero-order valence-corrected chi connectivity index (χ0v) is 22.0. The summed E-state index contributed by atoms with van der Waals surface area (Å²) in [5.41, 5.74) is 3.24. The van der Waals surface area contributed by atoms with Crippen molar-refractivity contribution >= 4 is 39.8 Å². The molecule has 0 bridgehead atoms. The van der Waals surface area contributed by atoms with Crippen molar-refractivity contribution in [1.82, 2.24) is 24.8 Å². The van der Waals surface area contributed by atoms with Crippen molar-refractivity contribution in [2.45, 2.75) is 27.2 Å². The number of hydrogen-bond donors (Lipinski definition) is 1. The summed E-state index contributed by atoms with van der Waals surface area (Å²) in [6.07, 6.45) is 6.06. The first-order chi connectivity index (χ1) is 17.8. The van der Waals surface area contributed by atoms with E-state index in [9.17, 15) is 14.4 Å². The van der Waals surface area contributed by atoms with Gasteiger partial charge < -0.3 is 14.8 Å². The number of fused-ring (bicyclic) bond motifs is 1. The van der Waals surface area contributed by atoms with Gasteiger partial charge in [-0.25, -0.2) is 4.98 Å². The summed E-state index contributed by atoms with van der Waals surface area (Å²) < 4.78 is 0. The Bertz CT molecular complexity index is 1470. The minimum absolute atomic E-state index is 0.0640. The van der Waals surface area contributed by atoms with Crippen molar-refractivity contribution in [3.8, 4) is 10.6 Å². The lowest BCUT2D eigenvalue weighted by molar-refractivity contribution is -0.127. The van der Waals surface area contributed by atoms with Gasteiger partial charge in [0.15, 0.2) is 0 Å². The van der Waals surface area contributed by atoms with Crippen molar-refractivity contribution < 1.29 is 14.4 Å². The molecule has 1 saturated heterocycles. The van der Waals surface area contributed by atoms with Crippen LogP contribution in [0.2, 0.25) is 0 Å². The van der Waals surface area contributed by atoms with E-state index in [2.05, 4.69) is 28.8 Å². The Morgan fingerprint density at radius 3 is 2.41 bits per heavy atom. The van der Waals surface area contributed by atoms with Crippen LogP contribution < -0.4 is 0 Å². The van der Waals surface area contributed by atoms with E-state index in [0.717, 1.165) is 33.1 Å². The van der Waals surface area contributed by atoms with Gasteiger partial charge in [0, 0.05) is 62.1 Å². The third-order valence-corrected chi connectivity index (χ3v) is 7.61.